The van der Waals surface area contributed by atoms with Gasteiger partial charge in [-0.25, -0.2) is 36.9 Å². The third-order valence-corrected chi connectivity index (χ3v) is 27.9. The molecular weight excluding hydrogens is 1990 g/mol. The highest BCUT2D eigenvalue weighted by Crippen LogP contribution is 2.51. The van der Waals surface area contributed by atoms with Crippen LogP contribution < -0.4 is 48.6 Å². The number of fused-ring (bicyclic) bond motifs is 3. The number of piperazine rings is 3. The first-order valence-electron chi connectivity index (χ1n) is 42.6. The smallest absolute Gasteiger partial charge is 0.276 e. The van der Waals surface area contributed by atoms with Gasteiger partial charge >= 0.3 is 0 Å². The fourth-order valence-electron chi connectivity index (χ4n) is 17.6. The zero-order valence-corrected chi connectivity index (χ0v) is 83.3. The minimum atomic E-state index is -1.45. The minimum Gasteiger partial charge on any atom is -0.397 e. The molecule has 0 spiro atoms. The fourth-order valence-corrected chi connectivity index (χ4v) is 19.7. The van der Waals surface area contributed by atoms with Crippen LogP contribution in [0.15, 0.2) is 107 Å². The van der Waals surface area contributed by atoms with Gasteiger partial charge in [-0.05, 0) is 131 Å². The van der Waals surface area contributed by atoms with Crippen molar-refractivity contribution < 1.29 is 36.3 Å². The molecule has 12 heterocycles. The molecule has 3 fully saturated rings. The molecule has 3 atom stereocenters. The van der Waals surface area contributed by atoms with E-state index in [0.29, 0.717) is 81.5 Å². The van der Waals surface area contributed by atoms with E-state index in [-0.39, 0.29) is 197 Å². The Balaban J connectivity index is 0.000000175. The maximum Gasteiger partial charge on any atom is 0.276 e. The molecule has 15 rings (SSSR count). The number of carbonyl (C=O) groups is 3. The Morgan fingerprint density at radius 3 is 0.899 bits per heavy atom. The summed E-state index contributed by atoms with van der Waals surface area (Å²) < 4.78 is 79.7. The van der Waals surface area contributed by atoms with Crippen molar-refractivity contribution >= 4 is 201 Å². The van der Waals surface area contributed by atoms with Gasteiger partial charge in [0.25, 0.3) is 16.7 Å². The Bertz CT molecular complexity index is 6780. The molecule has 42 heteroatoms. The summed E-state index contributed by atoms with van der Waals surface area (Å²) in [5.41, 5.74) is 18.8. The summed E-state index contributed by atoms with van der Waals surface area (Å²) in [5, 5.41) is 28.5. The van der Waals surface area contributed by atoms with Gasteiger partial charge < -0.3 is 46.6 Å². The highest BCUT2D eigenvalue weighted by atomic mass is 35.5. The van der Waals surface area contributed by atoms with E-state index >= 15 is 13.2 Å². The lowest BCUT2D eigenvalue weighted by molar-refractivity contribution is -0.129. The molecule has 3 aromatic carbocycles. The van der Waals surface area contributed by atoms with Gasteiger partial charge in [0.15, 0.2) is 29.1 Å². The molecule has 0 bridgehead atoms. The third-order valence-electron chi connectivity index (χ3n) is 24.2. The SMILES string of the molecule is C=CC(=O)N1CCN(c2c(C#N)c(=O)n(-c3c(C)ccnc3C(C)C)c3nc(-c4c(N)c(Cl)c(Cl)c(F)c4Cl)c(Cl)cc23)C[C@H]1C.C=CC(=O)N1CCN(c2c(C#N)c(=O)n(-c3c(C)ccnc3C(C)C)c3nc(-c4c(N)c(Cl)c(Cl)c(F)c4F)c(Cl)cc23)C[C@H]1C.C=CC(=O)N1CCN(c2c(C#N)c(=O)n(-c3c(C)ccnc3C(C)C)c3nc(-c4c(N)c(Cl)c(Cl)c(F)c4F)c(Cl)cc23)C[C@H]1C. The Morgan fingerprint density at radius 1 is 0.399 bits per heavy atom. The number of amides is 3. The van der Waals surface area contributed by atoms with Gasteiger partial charge in [-0.15, -0.1) is 0 Å². The van der Waals surface area contributed by atoms with Crippen LogP contribution >= 0.6 is 116 Å². The highest BCUT2D eigenvalue weighted by Gasteiger charge is 2.40. The van der Waals surface area contributed by atoms with Crippen LogP contribution in [-0.4, -0.2) is 153 Å². The van der Waals surface area contributed by atoms with Crippen molar-refractivity contribution in [1.82, 2.24) is 58.3 Å². The van der Waals surface area contributed by atoms with Crippen molar-refractivity contribution in [3.05, 3.63) is 254 Å². The maximum atomic E-state index is 15.5. The third kappa shape index (κ3) is 18.1. The number of nitrogens with two attached hydrogens (primary N) is 3. The predicted molar refractivity (Wildman–Crippen MR) is 536 cm³/mol. The number of rotatable bonds is 15. The molecule has 0 aliphatic carbocycles. The number of nitrogens with zero attached hydrogens (tertiary/aromatic N) is 18. The van der Waals surface area contributed by atoms with Gasteiger partial charge in [0, 0.05) is 117 Å². The second-order valence-corrected chi connectivity index (χ2v) is 37.6. The number of benzene rings is 3. The van der Waals surface area contributed by atoms with Crippen LogP contribution in [0.2, 0.25) is 50.2 Å². The number of anilines is 6. The number of carbonyl (C=O) groups excluding carboxylic acids is 3. The highest BCUT2D eigenvalue weighted by molar-refractivity contribution is 6.48. The molecule has 3 amide bonds. The Hall–Kier alpha value is -12.4. The molecule has 6 N–H and O–H groups in total. The molecule has 3 aliphatic rings. The molecule has 138 heavy (non-hydrogen) atoms. The second kappa shape index (κ2) is 41.0. The largest absolute Gasteiger partial charge is 0.397 e. The zero-order chi connectivity index (χ0) is 101. The number of hydrogen-bond donors (Lipinski definition) is 3. The summed E-state index contributed by atoms with van der Waals surface area (Å²) in [6, 6.07) is 14.9. The minimum absolute atomic E-state index is 0.00487. The van der Waals surface area contributed by atoms with Crippen LogP contribution in [-0.2, 0) is 14.4 Å². The summed E-state index contributed by atoms with van der Waals surface area (Å²) in [6.45, 7) is 35.6. The lowest BCUT2D eigenvalue weighted by Crippen LogP contribution is -2.54. The Morgan fingerprint density at radius 2 is 0.652 bits per heavy atom. The van der Waals surface area contributed by atoms with E-state index < -0.39 is 98.4 Å². The zero-order valence-electron chi connectivity index (χ0n) is 75.8. The molecule has 0 saturated carbocycles. The van der Waals surface area contributed by atoms with E-state index in [9.17, 15) is 53.3 Å². The van der Waals surface area contributed by atoms with Crippen LogP contribution in [0.1, 0.15) is 131 Å². The molecule has 9 aromatic heterocycles. The van der Waals surface area contributed by atoms with E-state index in [2.05, 4.69) is 62.9 Å². The van der Waals surface area contributed by atoms with Crippen molar-refractivity contribution in [2.24, 2.45) is 0 Å². The lowest BCUT2D eigenvalue weighted by Gasteiger charge is -2.41. The summed E-state index contributed by atoms with van der Waals surface area (Å²) >= 11 is 63.1. The summed E-state index contributed by atoms with van der Waals surface area (Å²) in [6.07, 6.45) is 8.57. The fraction of sp³-hybridized carbons (Fsp3) is 0.281. The molecule has 3 aliphatic heterocycles. The summed E-state index contributed by atoms with van der Waals surface area (Å²) in [4.78, 5) is 119. The van der Waals surface area contributed by atoms with Crippen LogP contribution in [0.4, 0.5) is 56.1 Å². The number of aryl methyl sites for hydroxylation is 3. The van der Waals surface area contributed by atoms with Crippen molar-refractivity contribution in [1.29, 1.82) is 15.8 Å². The lowest BCUT2D eigenvalue weighted by atomic mass is 10.0. The molecule has 3 saturated heterocycles. The number of halogens is 15. The molecule has 714 valence electrons. The van der Waals surface area contributed by atoms with Gasteiger partial charge in [-0.1, -0.05) is 177 Å². The first kappa shape index (κ1) is 103. The number of pyridine rings is 9. The summed E-state index contributed by atoms with van der Waals surface area (Å²) in [5.74, 6) is -7.94. The maximum absolute atomic E-state index is 15.5. The first-order valence-corrected chi connectivity index (χ1v) is 46.4. The van der Waals surface area contributed by atoms with E-state index in [1.807, 2.05) is 83.9 Å². The number of hydrogen-bond acceptors (Lipinski definition) is 21. The van der Waals surface area contributed by atoms with Gasteiger partial charge in [0.1, 0.15) is 61.9 Å². The molecule has 27 nitrogen and oxygen atoms in total. The molecule has 0 radical (unpaired) electrons. The van der Waals surface area contributed by atoms with Gasteiger partial charge in [-0.2, -0.15) is 15.8 Å². The van der Waals surface area contributed by atoms with Gasteiger partial charge in [0.2, 0.25) is 17.7 Å². The van der Waals surface area contributed by atoms with E-state index in [1.165, 1.54) is 50.1 Å². The quantitative estimate of drug-likeness (QED) is 0.0282. The monoisotopic (exact) mass is 2070 g/mol. The number of aromatic nitrogens is 9. The number of nitrogen functional groups attached to an aromatic ring is 3. The van der Waals surface area contributed by atoms with Crippen LogP contribution in [0, 0.1) is 83.9 Å². The van der Waals surface area contributed by atoms with Crippen LogP contribution in [0.25, 0.3) is 83.9 Å². The molecular formula is C96H84Cl10F5N21O6. The van der Waals surface area contributed by atoms with E-state index in [1.54, 1.807) is 65.3 Å². The van der Waals surface area contributed by atoms with Gasteiger partial charge in [-0.3, -0.25) is 57.4 Å². The van der Waals surface area contributed by atoms with Crippen molar-refractivity contribution in [2.45, 2.75) is 119 Å². The van der Waals surface area contributed by atoms with E-state index in [0.717, 1.165) is 0 Å². The van der Waals surface area contributed by atoms with E-state index in [4.69, 9.17) is 138 Å². The standard InChI is InChI=1S/C32H28Cl4FN7O2.2C32H28Cl3F2N7O2/c1-6-20(45)43-10-9-42(13-16(43)5)30-17-11-19(33)28(21-22(34)25(37)23(35)24(36)26(21)39)41-31(17)44(32(46)18(30)12-38)29-15(4)7-8-40-27(29)14(2)3;2*1-6-20(45)43-10-9-42(13-16(43)5)30-17-11-19(33)28(21-24(36)25(37)22(34)23(35)26(21)39)41-31(17)44(32(46)18(30)12-38)29-15(4)7-8-40-27(29)14(2)3/h3*6-8,11,14,16H,1,9-10,13,39H2,2-5H3/t3*16-/m111/s1. The van der Waals surface area contributed by atoms with Gasteiger partial charge in [0.05, 0.1) is 137 Å². The number of nitriles is 3. The first-order chi connectivity index (χ1) is 65.2. The van der Waals surface area contributed by atoms with Crippen LogP contribution in [0.5, 0.6) is 0 Å². The average Bonchev–Trinajstić information content (AvgIpc) is 0.726. The Labute approximate surface area is 837 Å². The normalized spacial score (nSPS) is 15.0. The Kier molecular flexibility index (Phi) is 30.6. The summed E-state index contributed by atoms with van der Waals surface area (Å²) in [7, 11) is 0. The molecule has 0 unspecified atom stereocenters. The average molecular weight is 2080 g/mol. The molecule has 12 aromatic rings. The second-order valence-electron chi connectivity index (χ2n) is 33.8. The predicted octanol–water partition coefficient (Wildman–Crippen LogP) is 20.9. The van der Waals surface area contributed by atoms with Crippen molar-refractivity contribution in [3.8, 4) is 69.0 Å². The van der Waals surface area contributed by atoms with Crippen LogP contribution in [0.3, 0.4) is 0 Å². The van der Waals surface area contributed by atoms with Crippen molar-refractivity contribution in [2.75, 3.05) is 90.8 Å². The van der Waals surface area contributed by atoms with Crippen molar-refractivity contribution in [3.63, 3.8) is 0 Å². The topological polar surface area (TPSA) is 363 Å².